The van der Waals surface area contributed by atoms with Crippen LogP contribution in [0.1, 0.15) is 321 Å². The number of likely N-dealkylation sites (N-methyl/N-ethyl adjacent to an activating group) is 2. The predicted octanol–water partition coefficient (Wildman–Crippen LogP) is 20.9. The van der Waals surface area contributed by atoms with Crippen LogP contribution in [0.25, 0.3) is 20.8 Å². The zero-order valence-corrected chi connectivity index (χ0v) is 85.6. The fraction of sp³-hybridized carbons (Fsp3) is 0.580. The molecule has 0 unspecified atom stereocenters. The number of aromatic amines is 4. The Balaban J connectivity index is 0.000000142. The number of aryl methyl sites for hydroxylation is 1. The van der Waals surface area contributed by atoms with Gasteiger partial charge in [0, 0.05) is 134 Å². The molecule has 4 aliphatic heterocycles. The summed E-state index contributed by atoms with van der Waals surface area (Å²) < 4.78 is 16.1. The van der Waals surface area contributed by atoms with Crippen molar-refractivity contribution >= 4 is 80.5 Å². The highest BCUT2D eigenvalue weighted by Crippen LogP contribution is 2.49. The van der Waals surface area contributed by atoms with Gasteiger partial charge in [-0.05, 0) is 273 Å². The number of piperidine rings is 2. The van der Waals surface area contributed by atoms with E-state index in [0.29, 0.717) is 47.5 Å². The van der Waals surface area contributed by atoms with Gasteiger partial charge in [-0.2, -0.15) is 0 Å². The van der Waals surface area contributed by atoms with Crippen LogP contribution >= 0.6 is 0 Å². The Kier molecular flexibility index (Phi) is 36.0. The zero-order valence-electron chi connectivity index (χ0n) is 85.6. The molecule has 18 rings (SSSR count). The van der Waals surface area contributed by atoms with Crippen molar-refractivity contribution in [3.8, 4) is 12.3 Å². The maximum Gasteiger partial charge on any atom is 0.314 e. The number of nitrogens with zero attached hydrogens (tertiary/aromatic N) is 13. The minimum atomic E-state index is -0.320. The molecule has 10 aliphatic rings. The highest BCUT2D eigenvalue weighted by atomic mass is 16.5. The number of methoxy groups -OCH3 is 2. The highest BCUT2D eigenvalue weighted by Gasteiger charge is 2.45. The molecule has 4 saturated carbocycles. The van der Waals surface area contributed by atoms with Crippen molar-refractivity contribution in [2.45, 2.75) is 264 Å². The quantitative estimate of drug-likeness (QED) is 0.0131. The lowest BCUT2D eigenvalue weighted by atomic mass is 9.74. The SMILES string of the molecule is C#Cc1cnc(C(=O)Nc2ccc(C3(N4CCN(CC)CC4)CCCC3)nc2C2=CCC(C)(C)CC2)[nH]1.COCCNC1(c2ccc(NC(=O)c3ncc(C)[nH]3)c(C3=CCC(C)(C)CC3)c2)CCCCC1.[C-]#[N+]c1cnc(C(=O)Nc2ccc(C3CCC(N(C)CCOC)CC3)cc2N2CCC(C)CC2)[nH]1.[C-]#[N+]c1cnc(C(=O)Nc2ccc(C3CCC(N4CCOCC4)CC3)cc2N2CCC(C)CC2)[nH]1. The molecule has 0 bridgehead atoms. The Bertz CT molecular complexity index is 5700. The van der Waals surface area contributed by atoms with E-state index >= 15 is 0 Å². The van der Waals surface area contributed by atoms with Crippen LogP contribution in [0, 0.1) is 55.1 Å². The number of rotatable bonds is 27. The van der Waals surface area contributed by atoms with Crippen molar-refractivity contribution in [3.05, 3.63) is 195 Å². The molecule has 0 spiro atoms. The van der Waals surface area contributed by atoms with Crippen LogP contribution in [0.4, 0.5) is 45.8 Å². The molecular weight excluding hydrogens is 1770 g/mol. The number of imidazole rings is 4. The van der Waals surface area contributed by atoms with Gasteiger partial charge in [-0.3, -0.25) is 38.9 Å². The lowest BCUT2D eigenvalue weighted by molar-refractivity contribution is 0.00729. The third-order valence-corrected chi connectivity index (χ3v) is 32.0. The lowest BCUT2D eigenvalue weighted by Gasteiger charge is -2.46. The molecule has 5 aromatic heterocycles. The minimum absolute atomic E-state index is 0.0195. The molecule has 6 aliphatic carbocycles. The summed E-state index contributed by atoms with van der Waals surface area (Å²) in [6.45, 7) is 48.9. The van der Waals surface area contributed by atoms with E-state index in [1.165, 1.54) is 130 Å². The largest absolute Gasteiger partial charge is 0.383 e. The van der Waals surface area contributed by atoms with Gasteiger partial charge in [-0.25, -0.2) is 24.9 Å². The summed E-state index contributed by atoms with van der Waals surface area (Å²) >= 11 is 0. The smallest absolute Gasteiger partial charge is 0.314 e. The number of piperazine rings is 1. The molecule has 3 aromatic carbocycles. The number of hydrogen-bond acceptors (Lipinski definition) is 19. The van der Waals surface area contributed by atoms with E-state index in [9.17, 15) is 19.2 Å². The number of amides is 4. The van der Waals surface area contributed by atoms with Crippen molar-refractivity contribution in [2.75, 3.05) is 164 Å². The standard InChI is InChI=1S/C30H40N6O.C28H40N4O2.C27H36N6O2.C27H38N6O2/c1-5-23-21-31-27(32-23)28(37)33-24-9-10-25(34-26(24)22-11-15-29(3,4)16-12-22)30(13-7-8-14-30)36-19-17-35(6-2)18-20-36;1-20-19-29-25(31-20)26(33)32-24-9-8-22(18-23(24)21-10-14-27(2,3)15-11-21)28(30-16-17-34-4)12-6-5-7-13-28;1-19-9-11-33(12-10-19)24-17-21(20-3-6-22(7-4-20)32-13-15-35-16-14-32)5-8-23(24)30-27(34)26-29-18-25(28-2)31-26;1-19-11-13-33(14-12-19)24-17-21(20-5-8-22(9-6-20)32(3)15-16-35-4)7-10-23(24)30-27(34)26-29-18-25(28-2)31-26/h1,9-11,21H,6-8,12-20H2,2-4H3,(H,31,32)(H,33,37);8-10,18-19,30H,5-7,11-17H2,1-4H3,(H,29,31)(H,32,33);5,8,17-20,22H,3-4,6-7,9-16H2,1H3,(H,29,31)(H,30,34);7,10,17-20,22H,5-6,8-9,11-16H2,1,3-4H3,(H,29,31)(H,30,34). The van der Waals surface area contributed by atoms with E-state index in [0.717, 1.165) is 263 Å². The third kappa shape index (κ3) is 26.8. The number of carbonyl (C=O) groups is 4. The summed E-state index contributed by atoms with van der Waals surface area (Å²) in [5.74, 6) is 5.33. The van der Waals surface area contributed by atoms with Crippen LogP contribution in [-0.4, -0.2) is 233 Å². The Morgan fingerprint density at radius 1 is 0.553 bits per heavy atom. The number of carbonyl (C=O) groups excluding carboxylic acids is 4. The molecule has 0 radical (unpaired) electrons. The topological polar surface area (TPSA) is 312 Å². The van der Waals surface area contributed by atoms with Crippen LogP contribution < -0.4 is 36.4 Å². The molecule has 0 atom stereocenters. The summed E-state index contributed by atoms with van der Waals surface area (Å²) in [5.41, 5.74) is 17.2. The van der Waals surface area contributed by atoms with Crippen LogP contribution in [0.3, 0.4) is 0 Å². The fourth-order valence-corrected chi connectivity index (χ4v) is 22.8. The second-order valence-corrected chi connectivity index (χ2v) is 42.8. The van der Waals surface area contributed by atoms with Gasteiger partial charge in [-0.1, -0.05) is 130 Å². The second-order valence-electron chi connectivity index (χ2n) is 42.8. The summed E-state index contributed by atoms with van der Waals surface area (Å²) in [7, 11) is 5.72. The molecule has 29 nitrogen and oxygen atoms in total. The molecule has 8 fully saturated rings. The average Bonchev–Trinajstić information content (AvgIpc) is 1.70. The number of hydrogen-bond donors (Lipinski definition) is 9. The number of aromatic nitrogens is 9. The van der Waals surface area contributed by atoms with Gasteiger partial charge >= 0.3 is 11.8 Å². The molecule has 29 heteroatoms. The van der Waals surface area contributed by atoms with E-state index in [-0.39, 0.29) is 69.2 Å². The molecular formula is C112H154N22O7. The van der Waals surface area contributed by atoms with Gasteiger partial charge in [0.25, 0.3) is 23.5 Å². The van der Waals surface area contributed by atoms with Crippen molar-refractivity contribution < 1.29 is 33.4 Å². The lowest BCUT2D eigenvalue weighted by Crippen LogP contribution is -2.54. The van der Waals surface area contributed by atoms with Gasteiger partial charge in [0.15, 0.2) is 11.6 Å². The maximum atomic E-state index is 13.1. The number of benzene rings is 3. The third-order valence-electron chi connectivity index (χ3n) is 32.0. The van der Waals surface area contributed by atoms with E-state index in [4.69, 9.17) is 38.8 Å². The normalized spacial score (nSPS) is 21.7. The fourth-order valence-electron chi connectivity index (χ4n) is 22.8. The summed E-state index contributed by atoms with van der Waals surface area (Å²) in [6.07, 6.45) is 47.4. The Morgan fingerprint density at radius 2 is 1.05 bits per heavy atom. The number of ether oxygens (including phenoxy) is 3. The highest BCUT2D eigenvalue weighted by molar-refractivity contribution is 6.06. The zero-order chi connectivity index (χ0) is 99.2. The summed E-state index contributed by atoms with van der Waals surface area (Å²) in [6, 6.07) is 25.2. The Morgan fingerprint density at radius 3 is 1.55 bits per heavy atom. The Labute approximate surface area is 836 Å². The molecule has 9 heterocycles. The van der Waals surface area contributed by atoms with Gasteiger partial charge in [0.1, 0.15) is 5.69 Å². The van der Waals surface area contributed by atoms with E-state index < -0.39 is 0 Å². The van der Waals surface area contributed by atoms with Crippen molar-refractivity contribution in [1.29, 1.82) is 0 Å². The van der Waals surface area contributed by atoms with Crippen molar-refractivity contribution in [2.24, 2.45) is 22.7 Å². The molecule has 4 amide bonds. The van der Waals surface area contributed by atoms with Crippen LogP contribution in [0.15, 0.2) is 104 Å². The monoisotopic (exact) mass is 1920 g/mol. The van der Waals surface area contributed by atoms with Crippen molar-refractivity contribution in [1.82, 2.24) is 69.8 Å². The number of terminal acetylenes is 1. The number of anilines is 6. The second kappa shape index (κ2) is 48.7. The molecule has 4 saturated heterocycles. The van der Waals surface area contributed by atoms with Crippen LogP contribution in [0.5, 0.6) is 0 Å². The summed E-state index contributed by atoms with van der Waals surface area (Å²) in [5, 5.41) is 16.2. The van der Waals surface area contributed by atoms with Gasteiger partial charge in [0.2, 0.25) is 11.6 Å². The maximum absolute atomic E-state index is 13.1. The Hall–Kier alpha value is -11.2. The first-order chi connectivity index (χ1) is 68.2. The number of morpholine rings is 1. The minimum Gasteiger partial charge on any atom is -0.383 e. The number of nitrogens with one attached hydrogen (secondary N) is 9. The summed E-state index contributed by atoms with van der Waals surface area (Å²) in [4.78, 5) is 107. The predicted molar refractivity (Wildman–Crippen MR) is 563 cm³/mol. The van der Waals surface area contributed by atoms with Gasteiger partial charge < -0.3 is 80.1 Å². The molecule has 9 N–H and O–H groups in total. The number of pyridine rings is 1. The van der Waals surface area contributed by atoms with E-state index in [2.05, 4.69) is 246 Å². The van der Waals surface area contributed by atoms with Crippen molar-refractivity contribution in [3.63, 3.8) is 0 Å². The van der Waals surface area contributed by atoms with Crippen LogP contribution in [-0.2, 0) is 25.3 Å². The number of H-pyrrole nitrogens is 4. The first kappa shape index (κ1) is 104. The first-order valence-corrected chi connectivity index (χ1v) is 52.4. The molecule has 8 aromatic rings. The van der Waals surface area contributed by atoms with E-state index in [1.54, 1.807) is 20.4 Å². The van der Waals surface area contributed by atoms with E-state index in [1.807, 2.05) is 6.92 Å². The molecule has 754 valence electrons. The first-order valence-electron chi connectivity index (χ1n) is 52.4. The number of allylic oxidation sites excluding steroid dienone is 4. The van der Waals surface area contributed by atoms with Gasteiger partial charge in [0.05, 0.1) is 90.4 Å². The van der Waals surface area contributed by atoms with Gasteiger partial charge in [-0.15, -0.1) is 6.42 Å². The average molecular weight is 1920 g/mol. The van der Waals surface area contributed by atoms with Crippen LogP contribution in [0.2, 0.25) is 0 Å². The molecule has 141 heavy (non-hydrogen) atoms.